The number of hydrogen-bond acceptors (Lipinski definition) is 2. The molecule has 4 aromatic carbocycles. The molecule has 0 atom stereocenters. The van der Waals surface area contributed by atoms with Crippen LogP contribution in [-0.2, 0) is 6.54 Å². The van der Waals surface area contributed by atoms with Gasteiger partial charge in [0.05, 0.1) is 23.8 Å². The number of hydrogen-bond donors (Lipinski definition) is 0. The van der Waals surface area contributed by atoms with Crippen LogP contribution < -0.4 is 5.56 Å². The molecule has 1 aromatic heterocycles. The van der Waals surface area contributed by atoms with Crippen molar-refractivity contribution in [3.05, 3.63) is 113 Å². The van der Waals surface area contributed by atoms with E-state index in [2.05, 4.69) is 17.1 Å². The van der Waals surface area contributed by atoms with Gasteiger partial charge >= 0.3 is 0 Å². The minimum atomic E-state index is -0.337. The van der Waals surface area contributed by atoms with Crippen LogP contribution in [0.1, 0.15) is 5.56 Å². The van der Waals surface area contributed by atoms with Gasteiger partial charge in [0.2, 0.25) is 0 Å². The normalized spacial score (nSPS) is 11.2. The molecule has 0 bridgehead atoms. The van der Waals surface area contributed by atoms with Crippen LogP contribution >= 0.6 is 0 Å². The average molecular weight is 380 g/mol. The number of para-hydroxylation sites is 1. The van der Waals surface area contributed by atoms with Gasteiger partial charge in [-0.05, 0) is 46.2 Å². The van der Waals surface area contributed by atoms with Crippen molar-refractivity contribution in [3.63, 3.8) is 0 Å². The predicted molar refractivity (Wildman–Crippen MR) is 114 cm³/mol. The quantitative estimate of drug-likeness (QED) is 0.420. The van der Waals surface area contributed by atoms with Crippen molar-refractivity contribution >= 4 is 21.7 Å². The zero-order valence-corrected chi connectivity index (χ0v) is 15.5. The minimum absolute atomic E-state index is 0.139. The average Bonchev–Trinajstić information content (AvgIpc) is 2.76. The molecule has 0 radical (unpaired) electrons. The van der Waals surface area contributed by atoms with Gasteiger partial charge in [-0.25, -0.2) is 9.37 Å². The van der Waals surface area contributed by atoms with Crippen LogP contribution in [0.4, 0.5) is 4.39 Å². The molecule has 4 heteroatoms. The van der Waals surface area contributed by atoms with E-state index in [1.165, 1.54) is 17.0 Å². The Labute approximate surface area is 166 Å². The van der Waals surface area contributed by atoms with Gasteiger partial charge < -0.3 is 0 Å². The zero-order valence-electron chi connectivity index (χ0n) is 15.5. The molecular formula is C25H17FN2O. The molecule has 0 fully saturated rings. The maximum Gasteiger partial charge on any atom is 0.261 e. The zero-order chi connectivity index (χ0) is 19.8. The van der Waals surface area contributed by atoms with Crippen LogP contribution in [0.25, 0.3) is 32.8 Å². The lowest BCUT2D eigenvalue weighted by molar-refractivity contribution is 0.596. The number of aromatic nitrogens is 2. The molecule has 0 N–H and O–H groups in total. The molecule has 0 aliphatic carbocycles. The molecule has 29 heavy (non-hydrogen) atoms. The van der Waals surface area contributed by atoms with E-state index in [-0.39, 0.29) is 17.9 Å². The number of fused-ring (bicyclic) bond motifs is 2. The number of nitrogens with zero attached hydrogens (tertiary/aromatic N) is 2. The molecule has 1 heterocycles. The standard InChI is InChI=1S/C25H17FN2O/c26-23-14-20(19-10-9-17-5-1-2-6-18(17)13-19)11-12-21(23)15-28-16-27-24-8-4-3-7-22(24)25(28)29/h1-14,16H,15H2. The Hall–Kier alpha value is -3.79. The lowest BCUT2D eigenvalue weighted by atomic mass is 10.00. The van der Waals surface area contributed by atoms with Crippen LogP contribution in [0, 0.1) is 5.82 Å². The summed E-state index contributed by atoms with van der Waals surface area (Å²) in [4.78, 5) is 17.0. The van der Waals surface area contributed by atoms with Crippen LogP contribution in [0.15, 0.2) is 96.1 Å². The Bertz CT molecular complexity index is 1420. The Balaban J connectivity index is 1.50. The molecule has 0 amide bonds. The predicted octanol–water partition coefficient (Wildman–Crippen LogP) is 5.40. The van der Waals surface area contributed by atoms with Crippen molar-refractivity contribution < 1.29 is 4.39 Å². The van der Waals surface area contributed by atoms with Gasteiger partial charge in [0, 0.05) is 5.56 Å². The van der Waals surface area contributed by atoms with Crippen molar-refractivity contribution in [2.45, 2.75) is 6.54 Å². The maximum absolute atomic E-state index is 14.8. The Morgan fingerprint density at radius 3 is 2.38 bits per heavy atom. The number of benzene rings is 4. The van der Waals surface area contributed by atoms with Crippen molar-refractivity contribution in [1.82, 2.24) is 9.55 Å². The molecule has 0 aliphatic rings. The summed E-state index contributed by atoms with van der Waals surface area (Å²) in [5.41, 5.74) is 2.68. The van der Waals surface area contributed by atoms with Gasteiger partial charge in [0.15, 0.2) is 0 Å². The largest absolute Gasteiger partial charge is 0.294 e. The number of halogens is 1. The van der Waals surface area contributed by atoms with Gasteiger partial charge in [-0.3, -0.25) is 9.36 Å². The van der Waals surface area contributed by atoms with E-state index in [1.807, 2.05) is 42.5 Å². The molecule has 0 spiro atoms. The van der Waals surface area contributed by atoms with Crippen molar-refractivity contribution in [2.75, 3.05) is 0 Å². The molecule has 0 unspecified atom stereocenters. The van der Waals surface area contributed by atoms with Crippen LogP contribution in [0.2, 0.25) is 0 Å². The topological polar surface area (TPSA) is 34.9 Å². The highest BCUT2D eigenvalue weighted by molar-refractivity contribution is 5.87. The second-order valence-electron chi connectivity index (χ2n) is 7.06. The SMILES string of the molecule is O=c1c2ccccc2ncn1Cc1ccc(-c2ccc3ccccc3c2)cc1F. The molecule has 0 saturated heterocycles. The smallest absolute Gasteiger partial charge is 0.261 e. The van der Waals surface area contributed by atoms with E-state index in [4.69, 9.17) is 0 Å². The lowest BCUT2D eigenvalue weighted by Crippen LogP contribution is -2.21. The second-order valence-corrected chi connectivity index (χ2v) is 7.06. The Morgan fingerprint density at radius 1 is 0.793 bits per heavy atom. The van der Waals surface area contributed by atoms with Gasteiger partial charge in [-0.15, -0.1) is 0 Å². The molecule has 3 nitrogen and oxygen atoms in total. The van der Waals surface area contributed by atoms with E-state index in [0.717, 1.165) is 21.9 Å². The summed E-state index contributed by atoms with van der Waals surface area (Å²) >= 11 is 0. The molecule has 140 valence electrons. The van der Waals surface area contributed by atoms with Crippen LogP contribution in [-0.4, -0.2) is 9.55 Å². The minimum Gasteiger partial charge on any atom is -0.294 e. The summed E-state index contributed by atoms with van der Waals surface area (Å²) in [5.74, 6) is -0.337. The third-order valence-corrected chi connectivity index (χ3v) is 5.21. The van der Waals surface area contributed by atoms with Gasteiger partial charge in [0.1, 0.15) is 5.82 Å². The highest BCUT2D eigenvalue weighted by Gasteiger charge is 2.09. The summed E-state index contributed by atoms with van der Waals surface area (Å²) < 4.78 is 16.3. The van der Waals surface area contributed by atoms with Crippen LogP contribution in [0.3, 0.4) is 0 Å². The second kappa shape index (κ2) is 6.99. The number of rotatable bonds is 3. The molecule has 0 aliphatic heterocycles. The van der Waals surface area contributed by atoms with Crippen molar-refractivity contribution in [1.29, 1.82) is 0 Å². The molecule has 0 saturated carbocycles. The molecular weight excluding hydrogens is 363 g/mol. The third kappa shape index (κ3) is 3.19. The Morgan fingerprint density at radius 2 is 1.52 bits per heavy atom. The summed E-state index contributed by atoms with van der Waals surface area (Å²) in [5, 5.41) is 2.79. The van der Waals surface area contributed by atoms with Crippen molar-refractivity contribution in [3.8, 4) is 11.1 Å². The first-order chi connectivity index (χ1) is 14.2. The van der Waals surface area contributed by atoms with E-state index in [0.29, 0.717) is 16.5 Å². The summed E-state index contributed by atoms with van der Waals surface area (Å²) in [6, 6.07) is 26.5. The van der Waals surface area contributed by atoms with Crippen molar-refractivity contribution in [2.24, 2.45) is 0 Å². The van der Waals surface area contributed by atoms with E-state index >= 15 is 0 Å². The maximum atomic E-state index is 14.8. The summed E-state index contributed by atoms with van der Waals surface area (Å²) in [7, 11) is 0. The van der Waals surface area contributed by atoms with Crippen LogP contribution in [0.5, 0.6) is 0 Å². The first-order valence-corrected chi connectivity index (χ1v) is 9.41. The van der Waals surface area contributed by atoms with E-state index in [1.54, 1.807) is 24.3 Å². The molecule has 5 rings (SSSR count). The van der Waals surface area contributed by atoms with Gasteiger partial charge in [-0.1, -0.05) is 60.7 Å². The third-order valence-electron chi connectivity index (χ3n) is 5.21. The summed E-state index contributed by atoms with van der Waals surface area (Å²) in [6.07, 6.45) is 1.47. The van der Waals surface area contributed by atoms with E-state index in [9.17, 15) is 9.18 Å². The fraction of sp³-hybridized carbons (Fsp3) is 0.0400. The first-order valence-electron chi connectivity index (χ1n) is 9.41. The molecule has 5 aromatic rings. The van der Waals surface area contributed by atoms with Gasteiger partial charge in [-0.2, -0.15) is 0 Å². The highest BCUT2D eigenvalue weighted by Crippen LogP contribution is 2.26. The first kappa shape index (κ1) is 17.3. The lowest BCUT2D eigenvalue weighted by Gasteiger charge is -2.10. The fourth-order valence-electron chi connectivity index (χ4n) is 3.63. The highest BCUT2D eigenvalue weighted by atomic mass is 19.1. The Kier molecular flexibility index (Phi) is 4.17. The van der Waals surface area contributed by atoms with E-state index < -0.39 is 0 Å². The monoisotopic (exact) mass is 380 g/mol. The fourth-order valence-corrected chi connectivity index (χ4v) is 3.63. The van der Waals surface area contributed by atoms with Gasteiger partial charge in [0.25, 0.3) is 5.56 Å². The summed E-state index contributed by atoms with van der Waals surface area (Å²) in [6.45, 7) is 0.139.